The predicted molar refractivity (Wildman–Crippen MR) is 76.8 cm³/mol. The Kier molecular flexibility index (Phi) is 5.76. The van der Waals surface area contributed by atoms with Gasteiger partial charge in [-0.2, -0.15) is 0 Å². The molecular weight excluding hydrogens is 258 g/mol. The number of aromatic nitrogens is 1. The number of carbonyl (C=O) groups is 2. The smallest absolute Gasteiger partial charge is 0.323 e. The molecule has 1 unspecified atom stereocenters. The van der Waals surface area contributed by atoms with E-state index in [9.17, 15) is 9.59 Å². The second-order valence-corrected chi connectivity index (χ2v) is 5.12. The number of hydrogen-bond donors (Lipinski definition) is 1. The van der Waals surface area contributed by atoms with Crippen LogP contribution in [-0.2, 0) is 11.3 Å². The fourth-order valence-electron chi connectivity index (χ4n) is 2.32. The topological polar surface area (TPSA) is 65.8 Å². The van der Waals surface area contributed by atoms with Crippen LogP contribution < -0.4 is 0 Å². The van der Waals surface area contributed by atoms with Crippen molar-refractivity contribution in [3.8, 4) is 0 Å². The molecule has 0 aliphatic rings. The maximum absolute atomic E-state index is 12.6. The number of hydrogen-bond acceptors (Lipinski definition) is 3. The van der Waals surface area contributed by atoms with Gasteiger partial charge >= 0.3 is 5.97 Å². The summed E-state index contributed by atoms with van der Waals surface area (Å²) in [5.74, 6) is -1.09. The number of carboxylic acid groups (broad SMARTS) is 1. The Morgan fingerprint density at radius 2 is 2.05 bits per heavy atom. The first kappa shape index (κ1) is 16.2. The Hall–Kier alpha value is -1.82. The highest BCUT2D eigenvalue weighted by Crippen LogP contribution is 2.10. The van der Waals surface area contributed by atoms with E-state index in [-0.39, 0.29) is 18.5 Å². The highest BCUT2D eigenvalue weighted by molar-refractivity contribution is 5.93. The van der Waals surface area contributed by atoms with Gasteiger partial charge in [0.05, 0.1) is 0 Å². The van der Waals surface area contributed by atoms with Crippen LogP contribution in [0.2, 0.25) is 0 Å². The Morgan fingerprint density at radius 3 is 2.55 bits per heavy atom. The zero-order valence-corrected chi connectivity index (χ0v) is 12.5. The molecule has 0 aliphatic carbocycles. The molecule has 0 saturated carbocycles. The van der Waals surface area contributed by atoms with Crippen LogP contribution in [0.5, 0.6) is 0 Å². The van der Waals surface area contributed by atoms with Crippen LogP contribution in [0.15, 0.2) is 18.3 Å². The number of nitrogens with zero attached hydrogens (tertiary/aromatic N) is 3. The van der Waals surface area contributed by atoms with Gasteiger partial charge in [0, 0.05) is 25.3 Å². The highest BCUT2D eigenvalue weighted by Gasteiger charge is 2.23. The predicted octanol–water partition coefficient (Wildman–Crippen LogP) is 0.985. The summed E-state index contributed by atoms with van der Waals surface area (Å²) in [4.78, 5) is 27.1. The zero-order chi connectivity index (χ0) is 15.3. The molecule has 0 saturated heterocycles. The van der Waals surface area contributed by atoms with E-state index in [0.29, 0.717) is 12.2 Å². The minimum atomic E-state index is -0.959. The van der Waals surface area contributed by atoms with Crippen LogP contribution in [0.3, 0.4) is 0 Å². The van der Waals surface area contributed by atoms with E-state index < -0.39 is 5.97 Å². The molecule has 0 aliphatic heterocycles. The molecule has 1 aromatic rings. The fraction of sp³-hybridized carbons (Fsp3) is 0.571. The van der Waals surface area contributed by atoms with Crippen LogP contribution in [0.25, 0.3) is 0 Å². The minimum absolute atomic E-state index is 0.0654. The van der Waals surface area contributed by atoms with Crippen LogP contribution in [0.1, 0.15) is 24.3 Å². The summed E-state index contributed by atoms with van der Waals surface area (Å²) in [5.41, 5.74) is 0.417. The van der Waals surface area contributed by atoms with Gasteiger partial charge in [-0.3, -0.25) is 9.59 Å². The lowest BCUT2D eigenvalue weighted by molar-refractivity contribution is -0.137. The van der Waals surface area contributed by atoms with Crippen LogP contribution >= 0.6 is 0 Å². The maximum Gasteiger partial charge on any atom is 0.323 e. The first-order valence-corrected chi connectivity index (χ1v) is 6.69. The summed E-state index contributed by atoms with van der Waals surface area (Å²) in [6, 6.07) is 3.42. The van der Waals surface area contributed by atoms with E-state index in [0.717, 1.165) is 6.54 Å². The van der Waals surface area contributed by atoms with Crippen molar-refractivity contribution in [1.82, 2.24) is 14.4 Å². The van der Waals surface area contributed by atoms with Gasteiger partial charge in [-0.25, -0.2) is 0 Å². The average molecular weight is 281 g/mol. The summed E-state index contributed by atoms with van der Waals surface area (Å²) in [7, 11) is 3.92. The molecule has 20 heavy (non-hydrogen) atoms. The Bertz CT molecular complexity index is 468. The average Bonchev–Trinajstić information content (AvgIpc) is 2.75. The zero-order valence-electron chi connectivity index (χ0n) is 12.5. The van der Waals surface area contributed by atoms with Crippen molar-refractivity contribution in [2.75, 3.05) is 27.2 Å². The molecular formula is C14H23N3O3. The summed E-state index contributed by atoms with van der Waals surface area (Å²) < 4.78 is 1.47. The van der Waals surface area contributed by atoms with Gasteiger partial charge < -0.3 is 19.5 Å². The van der Waals surface area contributed by atoms with Crippen molar-refractivity contribution in [3.63, 3.8) is 0 Å². The Morgan fingerprint density at radius 1 is 1.40 bits per heavy atom. The molecule has 1 amide bonds. The normalized spacial score (nSPS) is 12.4. The Balaban J connectivity index is 2.91. The molecule has 112 valence electrons. The van der Waals surface area contributed by atoms with Gasteiger partial charge in [0.1, 0.15) is 12.2 Å². The standard InChI is InChI=1S/C14H23N3O3/c1-5-17(11(2)9-15(3)4)14(20)12-7-6-8-16(12)10-13(18)19/h6-8,11H,5,9-10H2,1-4H3,(H,18,19). The molecule has 0 radical (unpaired) electrons. The minimum Gasteiger partial charge on any atom is -0.480 e. The van der Waals surface area contributed by atoms with Gasteiger partial charge in [-0.15, -0.1) is 0 Å². The summed E-state index contributed by atoms with van der Waals surface area (Å²) in [6.45, 7) is 5.07. The third kappa shape index (κ3) is 4.09. The number of carboxylic acids is 1. The van der Waals surface area contributed by atoms with Crippen molar-refractivity contribution >= 4 is 11.9 Å². The SMILES string of the molecule is CCN(C(=O)c1cccn1CC(=O)O)C(C)CN(C)C. The van der Waals surface area contributed by atoms with E-state index >= 15 is 0 Å². The Labute approximate surface area is 119 Å². The summed E-state index contributed by atoms with van der Waals surface area (Å²) in [5, 5.41) is 8.86. The van der Waals surface area contributed by atoms with Crippen molar-refractivity contribution in [2.24, 2.45) is 0 Å². The van der Waals surface area contributed by atoms with Crippen molar-refractivity contribution < 1.29 is 14.7 Å². The largest absolute Gasteiger partial charge is 0.480 e. The molecule has 1 rings (SSSR count). The van der Waals surface area contributed by atoms with Crippen LogP contribution in [0, 0.1) is 0 Å². The lowest BCUT2D eigenvalue weighted by Gasteiger charge is -2.30. The molecule has 1 heterocycles. The molecule has 0 fully saturated rings. The molecule has 6 nitrogen and oxygen atoms in total. The second-order valence-electron chi connectivity index (χ2n) is 5.12. The molecule has 6 heteroatoms. The van der Waals surface area contributed by atoms with Crippen LogP contribution in [0.4, 0.5) is 0 Å². The molecule has 1 atom stereocenters. The molecule has 1 aromatic heterocycles. The van der Waals surface area contributed by atoms with E-state index in [1.54, 1.807) is 23.2 Å². The van der Waals surface area contributed by atoms with Crippen molar-refractivity contribution in [2.45, 2.75) is 26.4 Å². The van der Waals surface area contributed by atoms with E-state index in [2.05, 4.69) is 0 Å². The van der Waals surface area contributed by atoms with Gasteiger partial charge in [-0.1, -0.05) is 0 Å². The number of rotatable bonds is 7. The van der Waals surface area contributed by atoms with Gasteiger partial charge in [0.15, 0.2) is 0 Å². The van der Waals surface area contributed by atoms with E-state index in [1.807, 2.05) is 32.8 Å². The van der Waals surface area contributed by atoms with Gasteiger partial charge in [-0.05, 0) is 40.1 Å². The number of likely N-dealkylation sites (N-methyl/N-ethyl adjacent to an activating group) is 2. The summed E-state index contributed by atoms with van der Waals surface area (Å²) >= 11 is 0. The van der Waals surface area contributed by atoms with Gasteiger partial charge in [0.2, 0.25) is 0 Å². The molecule has 1 N–H and O–H groups in total. The number of carbonyl (C=O) groups excluding carboxylic acids is 1. The van der Waals surface area contributed by atoms with Crippen molar-refractivity contribution in [3.05, 3.63) is 24.0 Å². The number of aliphatic carboxylic acids is 1. The molecule has 0 aromatic carbocycles. The lowest BCUT2D eigenvalue weighted by Crippen LogP contribution is -2.44. The first-order chi connectivity index (χ1) is 9.36. The van der Waals surface area contributed by atoms with E-state index in [1.165, 1.54) is 4.57 Å². The second kappa shape index (κ2) is 7.09. The van der Waals surface area contributed by atoms with Crippen molar-refractivity contribution in [1.29, 1.82) is 0 Å². The third-order valence-corrected chi connectivity index (χ3v) is 3.12. The monoisotopic (exact) mass is 281 g/mol. The van der Waals surface area contributed by atoms with E-state index in [4.69, 9.17) is 5.11 Å². The third-order valence-electron chi connectivity index (χ3n) is 3.12. The highest BCUT2D eigenvalue weighted by atomic mass is 16.4. The van der Waals surface area contributed by atoms with Gasteiger partial charge in [0.25, 0.3) is 5.91 Å². The van der Waals surface area contributed by atoms with Crippen LogP contribution in [-0.4, -0.2) is 64.6 Å². The fourth-order valence-corrected chi connectivity index (χ4v) is 2.32. The molecule has 0 spiro atoms. The number of amides is 1. The quantitative estimate of drug-likeness (QED) is 0.809. The lowest BCUT2D eigenvalue weighted by atomic mass is 10.2. The molecule has 0 bridgehead atoms. The first-order valence-electron chi connectivity index (χ1n) is 6.69. The maximum atomic E-state index is 12.6. The summed E-state index contributed by atoms with van der Waals surface area (Å²) in [6.07, 6.45) is 1.62.